The molecule has 0 saturated carbocycles. The van der Waals surface area contributed by atoms with Gasteiger partial charge in [0, 0.05) is 13.7 Å². The van der Waals surface area contributed by atoms with Crippen molar-refractivity contribution in [3.8, 4) is 5.69 Å². The molecule has 4 N–H and O–H groups in total. The molecule has 0 bridgehead atoms. The Bertz CT molecular complexity index is 693. The van der Waals surface area contributed by atoms with E-state index in [-0.39, 0.29) is 30.0 Å². The minimum atomic E-state index is -1.24. The third kappa shape index (κ3) is 2.95. The Balaban J connectivity index is 2.63. The Kier molecular flexibility index (Phi) is 4.49. The van der Waals surface area contributed by atoms with E-state index in [1.807, 2.05) is 0 Å². The van der Waals surface area contributed by atoms with Gasteiger partial charge in [0.1, 0.15) is 5.69 Å². The summed E-state index contributed by atoms with van der Waals surface area (Å²) in [4.78, 5) is 22.3. The van der Waals surface area contributed by atoms with Gasteiger partial charge in [0.15, 0.2) is 0 Å². The number of aromatic nitrogens is 3. The molecular formula is C13H14N4O5. The molecule has 0 radical (unpaired) electrons. The van der Waals surface area contributed by atoms with Crippen LogP contribution in [0.3, 0.4) is 0 Å². The normalized spacial score (nSPS) is 10.6. The largest absolute Gasteiger partial charge is 0.478 e. The molecule has 1 aromatic carbocycles. The first kappa shape index (κ1) is 15.6. The van der Waals surface area contributed by atoms with Crippen molar-refractivity contribution in [3.05, 3.63) is 40.7 Å². The summed E-state index contributed by atoms with van der Waals surface area (Å²) >= 11 is 0. The minimum Gasteiger partial charge on any atom is -0.478 e. The van der Waals surface area contributed by atoms with E-state index in [0.29, 0.717) is 11.4 Å². The number of hydrogen-bond acceptors (Lipinski definition) is 6. The number of carboxylic acids is 2. The molecule has 9 heteroatoms. The van der Waals surface area contributed by atoms with Crippen molar-refractivity contribution in [2.45, 2.75) is 13.2 Å². The summed E-state index contributed by atoms with van der Waals surface area (Å²) < 4.78 is 6.38. The molecule has 0 unspecified atom stereocenters. The van der Waals surface area contributed by atoms with Gasteiger partial charge in [-0.2, -0.15) is 0 Å². The topological polar surface area (TPSA) is 141 Å². The van der Waals surface area contributed by atoms with Gasteiger partial charge >= 0.3 is 11.9 Å². The van der Waals surface area contributed by atoms with Gasteiger partial charge in [-0.25, -0.2) is 14.3 Å². The van der Waals surface area contributed by atoms with Crippen LogP contribution in [0.4, 0.5) is 0 Å². The van der Waals surface area contributed by atoms with Crippen LogP contribution in [0.1, 0.15) is 32.1 Å². The van der Waals surface area contributed by atoms with Crippen LogP contribution in [0.25, 0.3) is 5.69 Å². The van der Waals surface area contributed by atoms with Crippen molar-refractivity contribution < 1.29 is 24.5 Å². The Morgan fingerprint density at radius 2 is 1.82 bits per heavy atom. The summed E-state index contributed by atoms with van der Waals surface area (Å²) in [6, 6.07) is 3.69. The lowest BCUT2D eigenvalue weighted by molar-refractivity contribution is 0.0696. The first-order valence-corrected chi connectivity index (χ1v) is 6.22. The van der Waals surface area contributed by atoms with Crippen LogP contribution in [-0.4, -0.2) is 44.3 Å². The lowest BCUT2D eigenvalue weighted by Gasteiger charge is -2.09. The second-order valence-corrected chi connectivity index (χ2v) is 4.41. The fraction of sp³-hybridized carbons (Fsp3) is 0.231. The SMILES string of the molecule is COCc1c(CN)nnn1-c1cc(C(=O)O)cc(C(=O)O)c1. The molecule has 1 heterocycles. The number of rotatable bonds is 6. The van der Waals surface area contributed by atoms with E-state index in [9.17, 15) is 9.59 Å². The number of hydrogen-bond donors (Lipinski definition) is 3. The highest BCUT2D eigenvalue weighted by Crippen LogP contribution is 2.18. The fourth-order valence-corrected chi connectivity index (χ4v) is 1.96. The van der Waals surface area contributed by atoms with Crippen molar-refractivity contribution in [2.75, 3.05) is 7.11 Å². The molecule has 0 fully saturated rings. The van der Waals surface area contributed by atoms with Gasteiger partial charge in [-0.05, 0) is 18.2 Å². The Morgan fingerprint density at radius 3 is 2.27 bits per heavy atom. The van der Waals surface area contributed by atoms with Gasteiger partial charge in [-0.3, -0.25) is 0 Å². The summed E-state index contributed by atoms with van der Waals surface area (Å²) in [5.74, 6) is -2.48. The molecule has 9 nitrogen and oxygen atoms in total. The van der Waals surface area contributed by atoms with Crippen LogP contribution in [-0.2, 0) is 17.9 Å². The number of carboxylic acid groups (broad SMARTS) is 2. The van der Waals surface area contributed by atoms with Crippen LogP contribution < -0.4 is 5.73 Å². The number of nitrogens with two attached hydrogens (primary N) is 1. The standard InChI is InChI=1S/C13H14N4O5/c1-22-6-11-10(5-14)15-16-17(11)9-3-7(12(18)19)2-8(4-9)13(20)21/h2-4H,5-6,14H2,1H3,(H,18,19)(H,20,21). The maximum atomic E-state index is 11.1. The van der Waals surface area contributed by atoms with Crippen molar-refractivity contribution >= 4 is 11.9 Å². The second kappa shape index (κ2) is 6.33. The molecule has 0 aliphatic heterocycles. The average molecular weight is 306 g/mol. The van der Waals surface area contributed by atoms with E-state index < -0.39 is 11.9 Å². The highest BCUT2D eigenvalue weighted by atomic mass is 16.5. The molecule has 0 amide bonds. The molecule has 2 aromatic rings. The van der Waals surface area contributed by atoms with Gasteiger partial charge < -0.3 is 20.7 Å². The summed E-state index contributed by atoms with van der Waals surface area (Å²) in [6.07, 6.45) is 0. The first-order chi connectivity index (χ1) is 10.5. The lowest BCUT2D eigenvalue weighted by atomic mass is 10.1. The lowest BCUT2D eigenvalue weighted by Crippen LogP contribution is -2.10. The van der Waals surface area contributed by atoms with E-state index in [1.165, 1.54) is 23.9 Å². The van der Waals surface area contributed by atoms with Crippen molar-refractivity contribution in [2.24, 2.45) is 5.73 Å². The predicted molar refractivity (Wildman–Crippen MR) is 73.9 cm³/mol. The van der Waals surface area contributed by atoms with Crippen LogP contribution >= 0.6 is 0 Å². The Labute approximate surface area is 124 Å². The first-order valence-electron chi connectivity index (χ1n) is 6.22. The number of nitrogens with zero attached hydrogens (tertiary/aromatic N) is 3. The summed E-state index contributed by atoms with van der Waals surface area (Å²) in [5.41, 5.74) is 6.52. The molecule has 0 spiro atoms. The number of benzene rings is 1. The molecule has 1 aromatic heterocycles. The van der Waals surface area contributed by atoms with Crippen LogP contribution in [0.5, 0.6) is 0 Å². The van der Waals surface area contributed by atoms with E-state index in [2.05, 4.69) is 10.3 Å². The van der Waals surface area contributed by atoms with Crippen molar-refractivity contribution in [1.29, 1.82) is 0 Å². The monoisotopic (exact) mass is 306 g/mol. The zero-order valence-electron chi connectivity index (χ0n) is 11.7. The molecule has 0 aliphatic carbocycles. The molecule has 0 aliphatic rings. The number of ether oxygens (including phenoxy) is 1. The third-order valence-electron chi connectivity index (χ3n) is 2.97. The summed E-state index contributed by atoms with van der Waals surface area (Å²) in [6.45, 7) is 0.280. The maximum Gasteiger partial charge on any atom is 0.335 e. The zero-order valence-corrected chi connectivity index (χ0v) is 11.7. The quantitative estimate of drug-likeness (QED) is 0.690. The highest BCUT2D eigenvalue weighted by Gasteiger charge is 2.17. The Hall–Kier alpha value is -2.78. The van der Waals surface area contributed by atoms with Crippen LogP contribution in [0.2, 0.25) is 0 Å². The third-order valence-corrected chi connectivity index (χ3v) is 2.97. The number of carbonyl (C=O) groups is 2. The van der Waals surface area contributed by atoms with Gasteiger partial charge in [-0.15, -0.1) is 5.10 Å². The molecule has 2 rings (SSSR count). The number of methoxy groups -OCH3 is 1. The fourth-order valence-electron chi connectivity index (χ4n) is 1.96. The molecule has 116 valence electrons. The van der Waals surface area contributed by atoms with Crippen LogP contribution in [0, 0.1) is 0 Å². The highest BCUT2D eigenvalue weighted by molar-refractivity contribution is 5.94. The summed E-state index contributed by atoms with van der Waals surface area (Å²) in [7, 11) is 1.48. The van der Waals surface area contributed by atoms with E-state index in [4.69, 9.17) is 20.7 Å². The van der Waals surface area contributed by atoms with E-state index in [0.717, 1.165) is 6.07 Å². The van der Waals surface area contributed by atoms with Gasteiger partial charge in [0.2, 0.25) is 0 Å². The van der Waals surface area contributed by atoms with Gasteiger partial charge in [0.05, 0.1) is 29.1 Å². The second-order valence-electron chi connectivity index (χ2n) is 4.41. The van der Waals surface area contributed by atoms with Crippen LogP contribution in [0.15, 0.2) is 18.2 Å². The van der Waals surface area contributed by atoms with E-state index >= 15 is 0 Å². The minimum absolute atomic E-state index is 0.128. The van der Waals surface area contributed by atoms with Crippen molar-refractivity contribution in [3.63, 3.8) is 0 Å². The van der Waals surface area contributed by atoms with Gasteiger partial charge in [-0.1, -0.05) is 5.21 Å². The summed E-state index contributed by atoms with van der Waals surface area (Å²) in [5, 5.41) is 26.0. The Morgan fingerprint density at radius 1 is 1.23 bits per heavy atom. The molecule has 0 atom stereocenters. The van der Waals surface area contributed by atoms with Gasteiger partial charge in [0.25, 0.3) is 0 Å². The molecular weight excluding hydrogens is 292 g/mol. The smallest absolute Gasteiger partial charge is 0.335 e. The molecule has 0 saturated heterocycles. The average Bonchev–Trinajstić information content (AvgIpc) is 2.90. The number of aromatic carboxylic acids is 2. The molecule has 22 heavy (non-hydrogen) atoms. The van der Waals surface area contributed by atoms with E-state index in [1.54, 1.807) is 0 Å². The predicted octanol–water partition coefficient (Wildman–Crippen LogP) is 0.269. The maximum absolute atomic E-state index is 11.1. The van der Waals surface area contributed by atoms with Crippen molar-refractivity contribution in [1.82, 2.24) is 15.0 Å². The zero-order chi connectivity index (χ0) is 16.3.